The van der Waals surface area contributed by atoms with Gasteiger partial charge in [-0.05, 0) is 29.8 Å². The molecule has 1 aliphatic heterocycles. The molecule has 1 aromatic carbocycles. The summed E-state index contributed by atoms with van der Waals surface area (Å²) in [7, 11) is 0. The number of halogens is 4. The zero-order valence-electron chi connectivity index (χ0n) is 15.5. The average Bonchev–Trinajstić information content (AvgIpc) is 2.74. The Balaban J connectivity index is 1.96. The highest BCUT2D eigenvalue weighted by Gasteiger charge is 2.49. The van der Waals surface area contributed by atoms with Crippen molar-refractivity contribution in [2.24, 2.45) is 10.7 Å². The summed E-state index contributed by atoms with van der Waals surface area (Å²) < 4.78 is 60.7. The van der Waals surface area contributed by atoms with E-state index < -0.39 is 54.3 Å². The van der Waals surface area contributed by atoms with Crippen molar-refractivity contribution >= 4 is 11.8 Å². The Morgan fingerprint density at radius 1 is 1.37 bits per heavy atom. The number of hydrogen-bond donors (Lipinski definition) is 1. The van der Waals surface area contributed by atoms with Crippen LogP contribution in [0.5, 0.6) is 0 Å². The SMILES string of the molecule is N#Cc1ccc(C(=O)Cc2ccc(F)c([C@]3(C(F)F)C[C@H](CF)OC(N)=N3)c2)nc1. The summed E-state index contributed by atoms with van der Waals surface area (Å²) in [5.41, 5.74) is 3.07. The first-order valence-corrected chi connectivity index (χ1v) is 8.83. The molecule has 0 fully saturated rings. The van der Waals surface area contributed by atoms with Crippen molar-refractivity contribution in [3.8, 4) is 6.07 Å². The number of ether oxygens (including phenoxy) is 1. The lowest BCUT2D eigenvalue weighted by Gasteiger charge is -2.36. The van der Waals surface area contributed by atoms with Crippen LogP contribution in [0.2, 0.25) is 0 Å². The quantitative estimate of drug-likeness (QED) is 0.572. The predicted octanol–water partition coefficient (Wildman–Crippen LogP) is 3.05. The summed E-state index contributed by atoms with van der Waals surface area (Å²) in [6.07, 6.45) is -4.15. The summed E-state index contributed by atoms with van der Waals surface area (Å²) in [6, 6.07) is 7.31. The van der Waals surface area contributed by atoms with Crippen molar-refractivity contribution in [1.29, 1.82) is 5.26 Å². The van der Waals surface area contributed by atoms with E-state index in [0.717, 1.165) is 12.1 Å². The van der Waals surface area contributed by atoms with E-state index in [1.54, 1.807) is 0 Å². The predicted molar refractivity (Wildman–Crippen MR) is 98.2 cm³/mol. The van der Waals surface area contributed by atoms with Crippen LogP contribution in [0.4, 0.5) is 17.6 Å². The fraction of sp³-hybridized carbons (Fsp3) is 0.300. The lowest BCUT2D eigenvalue weighted by atomic mass is 9.83. The molecule has 0 radical (unpaired) electrons. The number of Topliss-reactive ketones (excluding diaryl/α,β-unsaturated/α-hetero) is 1. The number of hydrogen-bond acceptors (Lipinski definition) is 6. The molecule has 3 rings (SSSR count). The number of nitriles is 1. The van der Waals surface area contributed by atoms with E-state index in [4.69, 9.17) is 15.7 Å². The third-order valence-electron chi connectivity index (χ3n) is 4.71. The normalized spacial score (nSPS) is 20.9. The molecule has 1 aromatic heterocycles. The zero-order valence-corrected chi connectivity index (χ0v) is 15.5. The van der Waals surface area contributed by atoms with Gasteiger partial charge in [0.2, 0.25) is 0 Å². The fourth-order valence-electron chi connectivity index (χ4n) is 3.25. The van der Waals surface area contributed by atoms with Gasteiger partial charge in [-0.2, -0.15) is 5.26 Å². The molecule has 1 aliphatic rings. The largest absolute Gasteiger partial charge is 0.459 e. The summed E-state index contributed by atoms with van der Waals surface area (Å²) in [6.45, 7) is -1.10. The highest BCUT2D eigenvalue weighted by molar-refractivity contribution is 5.95. The van der Waals surface area contributed by atoms with Gasteiger partial charge in [-0.15, -0.1) is 0 Å². The molecule has 0 amide bonds. The van der Waals surface area contributed by atoms with Gasteiger partial charge in [0, 0.05) is 24.6 Å². The first kappa shape index (κ1) is 21.2. The molecule has 0 saturated heterocycles. The lowest BCUT2D eigenvalue weighted by molar-refractivity contribution is -0.00516. The number of aliphatic imine (C=N–C) groups is 1. The van der Waals surface area contributed by atoms with Crippen LogP contribution in [0.1, 0.15) is 33.6 Å². The monoisotopic (exact) mass is 420 g/mol. The molecule has 0 saturated carbocycles. The van der Waals surface area contributed by atoms with Crippen molar-refractivity contribution in [3.63, 3.8) is 0 Å². The molecule has 2 atom stereocenters. The maximum absolute atomic E-state index is 14.6. The van der Waals surface area contributed by atoms with E-state index in [0.29, 0.717) is 0 Å². The molecular weight excluding hydrogens is 404 g/mol. The van der Waals surface area contributed by atoms with E-state index in [1.807, 2.05) is 6.07 Å². The van der Waals surface area contributed by atoms with E-state index in [9.17, 15) is 22.4 Å². The number of nitrogens with two attached hydrogens (primary N) is 1. The van der Waals surface area contributed by atoms with Crippen molar-refractivity contribution in [1.82, 2.24) is 4.98 Å². The highest BCUT2D eigenvalue weighted by Crippen LogP contribution is 2.42. The minimum Gasteiger partial charge on any atom is -0.459 e. The Hall–Kier alpha value is -3.48. The number of carbonyl (C=O) groups excluding carboxylic acids is 1. The van der Waals surface area contributed by atoms with Crippen molar-refractivity contribution in [2.75, 3.05) is 6.67 Å². The van der Waals surface area contributed by atoms with Crippen LogP contribution in [0.15, 0.2) is 41.5 Å². The lowest BCUT2D eigenvalue weighted by Crippen LogP contribution is -2.46. The van der Waals surface area contributed by atoms with Gasteiger partial charge in [0.25, 0.3) is 12.4 Å². The molecule has 156 valence electrons. The van der Waals surface area contributed by atoms with Gasteiger partial charge in [0.1, 0.15) is 30.4 Å². The number of carbonyl (C=O) groups is 1. The van der Waals surface area contributed by atoms with E-state index in [1.165, 1.54) is 24.4 Å². The third kappa shape index (κ3) is 4.10. The molecule has 2 aromatic rings. The van der Waals surface area contributed by atoms with Crippen LogP contribution < -0.4 is 5.73 Å². The topological polar surface area (TPSA) is 101 Å². The second-order valence-corrected chi connectivity index (χ2v) is 6.73. The molecule has 0 bridgehead atoms. The van der Waals surface area contributed by atoms with E-state index in [-0.39, 0.29) is 23.2 Å². The first-order chi connectivity index (χ1) is 14.3. The minimum atomic E-state index is -3.20. The summed E-state index contributed by atoms with van der Waals surface area (Å²) in [5, 5.41) is 8.78. The maximum Gasteiger partial charge on any atom is 0.283 e. The Morgan fingerprint density at radius 3 is 2.73 bits per heavy atom. The second-order valence-electron chi connectivity index (χ2n) is 6.73. The highest BCUT2D eigenvalue weighted by atomic mass is 19.3. The molecule has 6 nitrogen and oxygen atoms in total. The van der Waals surface area contributed by atoms with Crippen LogP contribution in [-0.4, -0.2) is 36.0 Å². The van der Waals surface area contributed by atoms with Gasteiger partial charge in [0.15, 0.2) is 11.3 Å². The maximum atomic E-state index is 14.6. The number of nitrogens with zero attached hydrogens (tertiary/aromatic N) is 3. The summed E-state index contributed by atoms with van der Waals surface area (Å²) >= 11 is 0. The van der Waals surface area contributed by atoms with Gasteiger partial charge in [-0.3, -0.25) is 9.78 Å². The van der Waals surface area contributed by atoms with Crippen molar-refractivity contribution in [3.05, 3.63) is 64.7 Å². The Kier molecular flexibility index (Phi) is 6.01. The van der Waals surface area contributed by atoms with Crippen molar-refractivity contribution < 1.29 is 27.1 Å². The number of amidine groups is 1. The summed E-state index contributed by atoms with van der Waals surface area (Å²) in [5.74, 6) is -1.45. The van der Waals surface area contributed by atoms with Gasteiger partial charge >= 0.3 is 0 Å². The Labute approximate surface area is 169 Å². The first-order valence-electron chi connectivity index (χ1n) is 8.83. The molecule has 10 heteroatoms. The average molecular weight is 420 g/mol. The molecule has 0 unspecified atom stereocenters. The number of pyridine rings is 1. The Morgan fingerprint density at radius 2 is 2.13 bits per heavy atom. The van der Waals surface area contributed by atoms with Crippen LogP contribution >= 0.6 is 0 Å². The number of rotatable bonds is 6. The standard InChI is InChI=1S/C20H16F4N4O2/c21-8-13-7-20(18(23)24,28-19(26)30-13)14-5-11(1-3-15(14)22)6-17(29)16-4-2-12(9-25)10-27-16/h1-5,10,13,18H,6-8H2,(H2,26,28)/t13-,20+/m1/s1. The van der Waals surface area contributed by atoms with E-state index >= 15 is 0 Å². The third-order valence-corrected chi connectivity index (χ3v) is 4.71. The molecule has 30 heavy (non-hydrogen) atoms. The van der Waals surface area contributed by atoms with Gasteiger partial charge in [0.05, 0.1) is 5.56 Å². The van der Waals surface area contributed by atoms with Gasteiger partial charge < -0.3 is 10.5 Å². The van der Waals surface area contributed by atoms with Crippen LogP contribution in [0.3, 0.4) is 0 Å². The van der Waals surface area contributed by atoms with E-state index in [2.05, 4.69) is 9.98 Å². The number of benzene rings is 1. The van der Waals surface area contributed by atoms with Crippen molar-refractivity contribution in [2.45, 2.75) is 30.9 Å². The van der Waals surface area contributed by atoms with Crippen LogP contribution in [-0.2, 0) is 16.7 Å². The number of ketones is 1. The molecule has 2 N–H and O–H groups in total. The Bertz CT molecular complexity index is 1020. The number of aromatic nitrogens is 1. The molecular formula is C20H16F4N4O2. The van der Waals surface area contributed by atoms with Gasteiger partial charge in [-0.25, -0.2) is 22.6 Å². The van der Waals surface area contributed by atoms with Crippen LogP contribution in [0.25, 0.3) is 0 Å². The molecule has 0 aliphatic carbocycles. The van der Waals surface area contributed by atoms with Gasteiger partial charge in [-0.1, -0.05) is 6.07 Å². The smallest absolute Gasteiger partial charge is 0.283 e. The zero-order chi connectivity index (χ0) is 21.9. The fourth-order valence-corrected chi connectivity index (χ4v) is 3.25. The molecule has 0 spiro atoms. The van der Waals surface area contributed by atoms with Crippen LogP contribution in [0, 0.1) is 17.1 Å². The number of alkyl halides is 3. The molecule has 2 heterocycles. The minimum absolute atomic E-state index is 0.0641. The second kappa shape index (κ2) is 8.49. The summed E-state index contributed by atoms with van der Waals surface area (Å²) in [4.78, 5) is 20.0.